The zero-order chi connectivity index (χ0) is 12.4. The molecule has 0 spiro atoms. The van der Waals surface area contributed by atoms with Crippen molar-refractivity contribution in [3.05, 3.63) is 23.8 Å². The summed E-state index contributed by atoms with van der Waals surface area (Å²) >= 11 is 0. The molecule has 0 aliphatic rings. The SMILES string of the molecule is C#CCOc1ccc(C=O)cc1OC.CC. The summed E-state index contributed by atoms with van der Waals surface area (Å²) in [4.78, 5) is 10.5. The first-order valence-electron chi connectivity index (χ1n) is 5.01. The summed E-state index contributed by atoms with van der Waals surface area (Å²) in [5.41, 5.74) is 0.537. The zero-order valence-corrected chi connectivity index (χ0v) is 9.82. The fourth-order valence-electron chi connectivity index (χ4n) is 0.996. The lowest BCUT2D eigenvalue weighted by atomic mass is 10.2. The number of hydrogen-bond acceptors (Lipinski definition) is 3. The predicted octanol–water partition coefficient (Wildman–Crippen LogP) is 2.55. The van der Waals surface area contributed by atoms with Crippen LogP contribution in [0, 0.1) is 12.3 Å². The molecule has 0 aliphatic heterocycles. The Kier molecular flexibility index (Phi) is 7.35. The summed E-state index contributed by atoms with van der Waals surface area (Å²) in [7, 11) is 1.51. The molecule has 0 saturated heterocycles. The van der Waals surface area contributed by atoms with Gasteiger partial charge in [0, 0.05) is 5.56 Å². The lowest BCUT2D eigenvalue weighted by molar-refractivity contribution is 0.112. The minimum atomic E-state index is 0.177. The van der Waals surface area contributed by atoms with Crippen molar-refractivity contribution < 1.29 is 14.3 Å². The smallest absolute Gasteiger partial charge is 0.162 e. The standard InChI is InChI=1S/C11H10O3.C2H6/c1-3-6-14-10-5-4-9(8-12)7-11(10)13-2;1-2/h1,4-5,7-8H,6H2,2H3;1-2H3. The highest BCUT2D eigenvalue weighted by molar-refractivity contribution is 5.76. The molecule has 0 fully saturated rings. The highest BCUT2D eigenvalue weighted by atomic mass is 16.5. The van der Waals surface area contributed by atoms with Gasteiger partial charge in [-0.25, -0.2) is 0 Å². The van der Waals surface area contributed by atoms with Gasteiger partial charge in [-0.3, -0.25) is 4.79 Å². The molecule has 0 aromatic heterocycles. The summed E-state index contributed by atoms with van der Waals surface area (Å²) in [5, 5.41) is 0. The van der Waals surface area contributed by atoms with E-state index in [1.54, 1.807) is 18.2 Å². The number of aldehydes is 1. The second-order valence-electron chi connectivity index (χ2n) is 2.52. The van der Waals surface area contributed by atoms with Crippen molar-refractivity contribution in [2.45, 2.75) is 13.8 Å². The molecule has 0 heterocycles. The molecule has 0 N–H and O–H groups in total. The van der Waals surface area contributed by atoms with Crippen molar-refractivity contribution in [1.82, 2.24) is 0 Å². The first kappa shape index (κ1) is 14.1. The van der Waals surface area contributed by atoms with E-state index in [0.717, 1.165) is 6.29 Å². The summed E-state index contributed by atoms with van der Waals surface area (Å²) in [6.45, 7) is 4.18. The Morgan fingerprint density at radius 2 is 2.06 bits per heavy atom. The van der Waals surface area contributed by atoms with Crippen LogP contribution in [0.5, 0.6) is 11.5 Å². The van der Waals surface area contributed by atoms with E-state index in [2.05, 4.69) is 5.92 Å². The Labute approximate surface area is 96.4 Å². The maximum atomic E-state index is 10.5. The van der Waals surface area contributed by atoms with Crippen molar-refractivity contribution in [1.29, 1.82) is 0 Å². The van der Waals surface area contributed by atoms with Crippen LogP contribution < -0.4 is 9.47 Å². The molecule has 0 bridgehead atoms. The van der Waals surface area contributed by atoms with Gasteiger partial charge >= 0.3 is 0 Å². The van der Waals surface area contributed by atoms with Crippen molar-refractivity contribution in [2.24, 2.45) is 0 Å². The predicted molar refractivity (Wildman–Crippen MR) is 64.1 cm³/mol. The van der Waals surface area contributed by atoms with E-state index in [9.17, 15) is 4.79 Å². The molecule has 0 saturated carbocycles. The third-order valence-corrected chi connectivity index (χ3v) is 1.63. The van der Waals surface area contributed by atoms with Crippen LogP contribution in [0.1, 0.15) is 24.2 Å². The van der Waals surface area contributed by atoms with Crippen LogP contribution in [-0.4, -0.2) is 20.0 Å². The molecule has 1 rings (SSSR count). The zero-order valence-electron chi connectivity index (χ0n) is 9.82. The summed E-state index contributed by atoms with van der Waals surface area (Å²) in [5.74, 6) is 3.39. The fraction of sp³-hybridized carbons (Fsp3) is 0.308. The normalized spacial score (nSPS) is 8.12. The van der Waals surface area contributed by atoms with Crippen LogP contribution >= 0.6 is 0 Å². The highest BCUT2D eigenvalue weighted by Crippen LogP contribution is 2.27. The Bertz CT molecular complexity index is 364. The van der Waals surface area contributed by atoms with Crippen LogP contribution in [-0.2, 0) is 0 Å². The Morgan fingerprint density at radius 1 is 1.38 bits per heavy atom. The molecule has 86 valence electrons. The highest BCUT2D eigenvalue weighted by Gasteiger charge is 2.04. The molecule has 16 heavy (non-hydrogen) atoms. The van der Waals surface area contributed by atoms with Crippen LogP contribution in [0.25, 0.3) is 0 Å². The van der Waals surface area contributed by atoms with Crippen LogP contribution in [0.4, 0.5) is 0 Å². The van der Waals surface area contributed by atoms with Gasteiger partial charge in [0.2, 0.25) is 0 Å². The van der Waals surface area contributed by atoms with Gasteiger partial charge in [0.25, 0.3) is 0 Å². The lowest BCUT2D eigenvalue weighted by Gasteiger charge is -2.08. The minimum absolute atomic E-state index is 0.177. The van der Waals surface area contributed by atoms with Crippen molar-refractivity contribution >= 4 is 6.29 Å². The molecule has 3 nitrogen and oxygen atoms in total. The number of carbonyl (C=O) groups excluding carboxylic acids is 1. The number of ether oxygens (including phenoxy) is 2. The molecule has 0 unspecified atom stereocenters. The number of hydrogen-bond donors (Lipinski definition) is 0. The summed E-state index contributed by atoms with van der Waals surface area (Å²) in [6, 6.07) is 4.89. The van der Waals surface area contributed by atoms with E-state index in [-0.39, 0.29) is 6.61 Å². The Hall–Kier alpha value is -1.95. The van der Waals surface area contributed by atoms with Crippen molar-refractivity contribution in [3.63, 3.8) is 0 Å². The van der Waals surface area contributed by atoms with Crippen molar-refractivity contribution in [2.75, 3.05) is 13.7 Å². The lowest BCUT2D eigenvalue weighted by Crippen LogP contribution is -1.97. The third-order valence-electron chi connectivity index (χ3n) is 1.63. The van der Waals surface area contributed by atoms with E-state index in [1.807, 2.05) is 13.8 Å². The largest absolute Gasteiger partial charge is 0.493 e. The summed E-state index contributed by atoms with van der Waals surface area (Å²) in [6.07, 6.45) is 5.80. The Morgan fingerprint density at radius 3 is 2.56 bits per heavy atom. The van der Waals surface area contributed by atoms with Crippen molar-refractivity contribution in [3.8, 4) is 23.8 Å². The summed E-state index contributed by atoms with van der Waals surface area (Å²) < 4.78 is 10.2. The van der Waals surface area contributed by atoms with E-state index in [0.29, 0.717) is 17.1 Å². The molecule has 0 aliphatic carbocycles. The molecule has 1 aromatic carbocycles. The van der Waals surface area contributed by atoms with E-state index in [1.165, 1.54) is 7.11 Å². The quantitative estimate of drug-likeness (QED) is 0.578. The average molecular weight is 220 g/mol. The maximum absolute atomic E-state index is 10.5. The van der Waals surface area contributed by atoms with Gasteiger partial charge in [-0.15, -0.1) is 6.42 Å². The van der Waals surface area contributed by atoms with Crippen LogP contribution in [0.3, 0.4) is 0 Å². The second-order valence-corrected chi connectivity index (χ2v) is 2.52. The first-order chi connectivity index (χ1) is 7.81. The van der Waals surface area contributed by atoms with Gasteiger partial charge in [-0.05, 0) is 18.2 Å². The Balaban J connectivity index is 0.00000106. The molecule has 0 radical (unpaired) electrons. The maximum Gasteiger partial charge on any atom is 0.162 e. The number of benzene rings is 1. The third kappa shape index (κ3) is 4.05. The van der Waals surface area contributed by atoms with Gasteiger partial charge in [0.05, 0.1) is 7.11 Å². The second kappa shape index (κ2) is 8.37. The number of methoxy groups -OCH3 is 1. The number of terminal acetylenes is 1. The minimum Gasteiger partial charge on any atom is -0.493 e. The van der Waals surface area contributed by atoms with Gasteiger partial charge in [-0.1, -0.05) is 19.8 Å². The average Bonchev–Trinajstić information content (AvgIpc) is 2.38. The molecule has 0 amide bonds. The topological polar surface area (TPSA) is 35.5 Å². The molecule has 3 heteroatoms. The number of rotatable bonds is 4. The van der Waals surface area contributed by atoms with E-state index < -0.39 is 0 Å². The van der Waals surface area contributed by atoms with Crippen LogP contribution in [0.15, 0.2) is 18.2 Å². The number of carbonyl (C=O) groups is 1. The monoisotopic (exact) mass is 220 g/mol. The molecule has 1 aromatic rings. The van der Waals surface area contributed by atoms with E-state index >= 15 is 0 Å². The molecule has 0 atom stereocenters. The van der Waals surface area contributed by atoms with E-state index in [4.69, 9.17) is 15.9 Å². The van der Waals surface area contributed by atoms with Crippen LogP contribution in [0.2, 0.25) is 0 Å². The molecular formula is C13H16O3. The van der Waals surface area contributed by atoms with Gasteiger partial charge in [0.15, 0.2) is 11.5 Å². The molecular weight excluding hydrogens is 204 g/mol. The first-order valence-corrected chi connectivity index (χ1v) is 5.01. The van der Waals surface area contributed by atoms with Gasteiger partial charge in [-0.2, -0.15) is 0 Å². The fourth-order valence-corrected chi connectivity index (χ4v) is 0.996. The van der Waals surface area contributed by atoms with Gasteiger partial charge < -0.3 is 9.47 Å². The van der Waals surface area contributed by atoms with Gasteiger partial charge in [0.1, 0.15) is 12.9 Å².